The number of amides is 1. The van der Waals surface area contributed by atoms with E-state index in [1.807, 2.05) is 50.2 Å². The molecule has 2 aromatic carbocycles. The third-order valence-corrected chi connectivity index (χ3v) is 6.10. The molecule has 0 aromatic heterocycles. The molecule has 2 aliphatic heterocycles. The number of benzene rings is 2. The zero-order chi connectivity index (χ0) is 22.5. The Morgan fingerprint density at radius 2 is 1.81 bits per heavy atom. The van der Waals surface area contributed by atoms with Gasteiger partial charge in [-0.3, -0.25) is 14.5 Å². The summed E-state index contributed by atoms with van der Waals surface area (Å²) >= 11 is 0. The number of carbonyl (C=O) groups excluding carboxylic acids is 2. The highest BCUT2D eigenvalue weighted by molar-refractivity contribution is 5.98. The van der Waals surface area contributed by atoms with E-state index in [0.29, 0.717) is 61.4 Å². The van der Waals surface area contributed by atoms with Gasteiger partial charge in [0.05, 0.1) is 18.3 Å². The van der Waals surface area contributed by atoms with Crippen molar-refractivity contribution in [1.82, 2.24) is 4.90 Å². The summed E-state index contributed by atoms with van der Waals surface area (Å²) < 4.78 is 16.7. The molecule has 1 atom stereocenters. The van der Waals surface area contributed by atoms with Crippen molar-refractivity contribution >= 4 is 17.4 Å². The van der Waals surface area contributed by atoms with Crippen molar-refractivity contribution in [3.05, 3.63) is 48.0 Å². The van der Waals surface area contributed by atoms with Crippen molar-refractivity contribution in [2.45, 2.75) is 32.7 Å². The zero-order valence-corrected chi connectivity index (χ0v) is 18.6. The average molecular weight is 439 g/mol. The number of piperidine rings is 1. The van der Waals surface area contributed by atoms with Gasteiger partial charge in [-0.15, -0.1) is 0 Å². The number of hydrogen-bond donors (Lipinski definition) is 1. The number of likely N-dealkylation sites (tertiary alicyclic amines) is 1. The largest absolute Gasteiger partial charge is 0.492 e. The first-order chi connectivity index (χ1) is 15.6. The van der Waals surface area contributed by atoms with Crippen LogP contribution < -0.4 is 19.5 Å². The molecule has 1 unspecified atom stereocenters. The Balaban J connectivity index is 1.33. The molecular weight excluding hydrogens is 408 g/mol. The Bertz CT molecular complexity index is 969. The number of ether oxygens (including phenoxy) is 3. The molecule has 0 spiro atoms. The molecule has 4 rings (SSSR count). The van der Waals surface area contributed by atoms with Crippen LogP contribution in [-0.4, -0.2) is 55.5 Å². The average Bonchev–Trinajstić information content (AvgIpc) is 2.84. The van der Waals surface area contributed by atoms with Crippen LogP contribution in [0.3, 0.4) is 0 Å². The summed E-state index contributed by atoms with van der Waals surface area (Å²) in [5.74, 6) is 1.99. The van der Waals surface area contributed by atoms with Crippen LogP contribution in [-0.2, 0) is 4.79 Å². The topological polar surface area (TPSA) is 77.1 Å². The van der Waals surface area contributed by atoms with Gasteiger partial charge in [0.1, 0.15) is 19.0 Å². The van der Waals surface area contributed by atoms with Gasteiger partial charge in [0.15, 0.2) is 17.3 Å². The first-order valence-corrected chi connectivity index (χ1v) is 11.3. The molecule has 0 aliphatic carbocycles. The smallest absolute Gasteiger partial charge is 0.241 e. The Morgan fingerprint density at radius 1 is 1.09 bits per heavy atom. The van der Waals surface area contributed by atoms with Crippen molar-refractivity contribution in [1.29, 1.82) is 0 Å². The minimum atomic E-state index is -0.296. The lowest BCUT2D eigenvalue weighted by Gasteiger charge is -2.35. The van der Waals surface area contributed by atoms with Gasteiger partial charge < -0.3 is 19.5 Å². The lowest BCUT2D eigenvalue weighted by molar-refractivity contribution is -0.121. The normalized spacial score (nSPS) is 17.4. The number of fused-ring (bicyclic) bond motifs is 1. The van der Waals surface area contributed by atoms with E-state index in [4.69, 9.17) is 14.2 Å². The predicted molar refractivity (Wildman–Crippen MR) is 122 cm³/mol. The van der Waals surface area contributed by atoms with Crippen LogP contribution in [0.5, 0.6) is 17.2 Å². The quantitative estimate of drug-likeness (QED) is 0.663. The highest BCUT2D eigenvalue weighted by atomic mass is 16.6. The van der Waals surface area contributed by atoms with Gasteiger partial charge in [0.25, 0.3) is 0 Å². The fourth-order valence-corrected chi connectivity index (χ4v) is 4.24. The van der Waals surface area contributed by atoms with Crippen molar-refractivity contribution in [2.75, 3.05) is 38.2 Å². The van der Waals surface area contributed by atoms with E-state index in [0.717, 1.165) is 12.8 Å². The van der Waals surface area contributed by atoms with Crippen molar-refractivity contribution in [3.63, 3.8) is 0 Å². The molecule has 32 heavy (non-hydrogen) atoms. The molecule has 1 fully saturated rings. The molecule has 0 bridgehead atoms. The molecule has 1 N–H and O–H groups in total. The van der Waals surface area contributed by atoms with Gasteiger partial charge >= 0.3 is 0 Å². The number of nitrogens with one attached hydrogen (secondary N) is 1. The maximum atomic E-state index is 13.0. The van der Waals surface area contributed by atoms with Gasteiger partial charge in [0, 0.05) is 11.5 Å². The van der Waals surface area contributed by atoms with E-state index in [2.05, 4.69) is 10.2 Å². The van der Waals surface area contributed by atoms with Crippen LogP contribution in [0.25, 0.3) is 0 Å². The number of carbonyl (C=O) groups is 2. The van der Waals surface area contributed by atoms with E-state index in [1.54, 1.807) is 6.07 Å². The maximum Gasteiger partial charge on any atom is 0.241 e. The predicted octanol–water partition coefficient (Wildman–Crippen LogP) is 3.78. The van der Waals surface area contributed by atoms with Crippen LogP contribution in [0.15, 0.2) is 42.5 Å². The third kappa shape index (κ3) is 4.88. The second-order valence-electron chi connectivity index (χ2n) is 8.13. The van der Waals surface area contributed by atoms with Gasteiger partial charge in [-0.2, -0.15) is 0 Å². The first-order valence-electron chi connectivity index (χ1n) is 11.3. The molecule has 2 heterocycles. The monoisotopic (exact) mass is 438 g/mol. The van der Waals surface area contributed by atoms with Crippen molar-refractivity contribution < 1.29 is 23.8 Å². The van der Waals surface area contributed by atoms with Gasteiger partial charge in [-0.05, 0) is 70.1 Å². The number of nitrogens with zero attached hydrogens (tertiary/aromatic N) is 1. The summed E-state index contributed by atoms with van der Waals surface area (Å²) in [5, 5.41) is 2.98. The summed E-state index contributed by atoms with van der Waals surface area (Å²) in [4.78, 5) is 28.0. The van der Waals surface area contributed by atoms with Crippen LogP contribution in [0.2, 0.25) is 0 Å². The summed E-state index contributed by atoms with van der Waals surface area (Å²) in [7, 11) is 0. The standard InChI is InChI=1S/C25H30N2O5/c1-3-30-21-7-5-4-6-20(21)26-25(29)17(2)27-12-10-18(11-13-27)24(28)19-8-9-22-23(16-19)32-15-14-31-22/h4-9,16-18H,3,10-15H2,1-2H3,(H,26,29). The summed E-state index contributed by atoms with van der Waals surface area (Å²) in [5.41, 5.74) is 1.33. The van der Waals surface area contributed by atoms with Crippen molar-refractivity contribution in [2.24, 2.45) is 5.92 Å². The van der Waals surface area contributed by atoms with Gasteiger partial charge in [0.2, 0.25) is 5.91 Å². The van der Waals surface area contributed by atoms with Gasteiger partial charge in [-0.1, -0.05) is 12.1 Å². The van der Waals surface area contributed by atoms with E-state index < -0.39 is 0 Å². The molecular formula is C25H30N2O5. The molecule has 2 aromatic rings. The molecule has 0 radical (unpaired) electrons. The van der Waals surface area contributed by atoms with Gasteiger partial charge in [-0.25, -0.2) is 0 Å². The molecule has 2 aliphatic rings. The summed E-state index contributed by atoms with van der Waals surface area (Å²) in [6.45, 7) is 6.78. The number of ketones is 1. The fourth-order valence-electron chi connectivity index (χ4n) is 4.24. The minimum absolute atomic E-state index is 0.0530. The Hall–Kier alpha value is -3.06. The van der Waals surface area contributed by atoms with Crippen LogP contribution in [0, 0.1) is 5.92 Å². The highest BCUT2D eigenvalue weighted by Gasteiger charge is 2.31. The SMILES string of the molecule is CCOc1ccccc1NC(=O)C(C)N1CCC(C(=O)c2ccc3c(c2)OCCO3)CC1. The Morgan fingerprint density at radius 3 is 2.56 bits per heavy atom. The minimum Gasteiger partial charge on any atom is -0.492 e. The fraction of sp³-hybridized carbons (Fsp3) is 0.440. The number of para-hydroxylation sites is 2. The molecule has 0 saturated carbocycles. The number of rotatable bonds is 7. The second-order valence-corrected chi connectivity index (χ2v) is 8.13. The van der Waals surface area contributed by atoms with Crippen LogP contribution >= 0.6 is 0 Å². The summed E-state index contributed by atoms with van der Waals surface area (Å²) in [6, 6.07) is 12.6. The number of anilines is 1. The Labute approximate surface area is 188 Å². The van der Waals surface area contributed by atoms with E-state index in [1.165, 1.54) is 0 Å². The molecule has 7 heteroatoms. The highest BCUT2D eigenvalue weighted by Crippen LogP contribution is 2.33. The number of hydrogen-bond acceptors (Lipinski definition) is 6. The van der Waals surface area contributed by atoms with E-state index >= 15 is 0 Å². The second kappa shape index (κ2) is 10.0. The number of Topliss-reactive ketones (excluding diaryl/α,β-unsaturated/α-hetero) is 1. The van der Waals surface area contributed by atoms with Crippen LogP contribution in [0.1, 0.15) is 37.0 Å². The van der Waals surface area contributed by atoms with E-state index in [9.17, 15) is 9.59 Å². The molecule has 1 amide bonds. The first kappa shape index (κ1) is 22.1. The lowest BCUT2D eigenvalue weighted by Crippen LogP contribution is -2.47. The summed E-state index contributed by atoms with van der Waals surface area (Å²) in [6.07, 6.45) is 1.45. The lowest BCUT2D eigenvalue weighted by atomic mass is 9.88. The third-order valence-electron chi connectivity index (χ3n) is 6.10. The molecule has 1 saturated heterocycles. The zero-order valence-electron chi connectivity index (χ0n) is 18.6. The maximum absolute atomic E-state index is 13.0. The van der Waals surface area contributed by atoms with Crippen molar-refractivity contribution in [3.8, 4) is 17.2 Å². The van der Waals surface area contributed by atoms with Crippen LogP contribution in [0.4, 0.5) is 5.69 Å². The Kier molecular flexibility index (Phi) is 6.95. The molecule has 7 nitrogen and oxygen atoms in total. The van der Waals surface area contributed by atoms with E-state index in [-0.39, 0.29) is 23.7 Å². The molecule has 170 valence electrons.